The Morgan fingerprint density at radius 1 is 1.15 bits per heavy atom. The molecule has 0 aromatic carbocycles. The van der Waals surface area contributed by atoms with Gasteiger partial charge in [-0.25, -0.2) is 0 Å². The number of aliphatic hydroxyl groups is 1. The molecule has 1 saturated carbocycles. The minimum absolute atomic E-state index is 0.357. The maximum atomic E-state index is 9.85. The third-order valence-electron chi connectivity index (χ3n) is 3.74. The highest BCUT2D eigenvalue weighted by Gasteiger charge is 2.19. The molecule has 4 heteroatoms. The van der Waals surface area contributed by atoms with Crippen molar-refractivity contribution in [3.63, 3.8) is 0 Å². The second-order valence-corrected chi connectivity index (χ2v) is 6.54. The van der Waals surface area contributed by atoms with E-state index in [1.807, 2.05) is 0 Å². The van der Waals surface area contributed by atoms with Gasteiger partial charge in [-0.05, 0) is 37.5 Å². The minimum Gasteiger partial charge on any atom is -0.389 e. The first-order valence-corrected chi connectivity index (χ1v) is 8.16. The second-order valence-electron chi connectivity index (χ2n) is 6.54. The number of aliphatic hydroxyl groups excluding tert-OH is 1. The fourth-order valence-electron chi connectivity index (χ4n) is 2.43. The highest BCUT2D eigenvalue weighted by atomic mass is 16.5. The lowest BCUT2D eigenvalue weighted by Gasteiger charge is -2.27. The van der Waals surface area contributed by atoms with Gasteiger partial charge in [0.25, 0.3) is 0 Å². The van der Waals surface area contributed by atoms with Gasteiger partial charge in [-0.1, -0.05) is 20.8 Å². The van der Waals surface area contributed by atoms with Crippen LogP contribution in [-0.2, 0) is 9.47 Å². The average molecular weight is 287 g/mol. The van der Waals surface area contributed by atoms with Crippen LogP contribution in [0.5, 0.6) is 0 Å². The van der Waals surface area contributed by atoms with E-state index in [-0.39, 0.29) is 0 Å². The summed E-state index contributed by atoms with van der Waals surface area (Å²) in [6.45, 7) is 9.88. The molecule has 20 heavy (non-hydrogen) atoms. The first-order chi connectivity index (χ1) is 9.58. The van der Waals surface area contributed by atoms with Crippen molar-refractivity contribution in [1.82, 2.24) is 5.32 Å². The summed E-state index contributed by atoms with van der Waals surface area (Å²) in [6.07, 6.45) is 4.74. The van der Waals surface area contributed by atoms with Crippen molar-refractivity contribution in [3.05, 3.63) is 0 Å². The van der Waals surface area contributed by atoms with Crippen LogP contribution in [0.15, 0.2) is 0 Å². The summed E-state index contributed by atoms with van der Waals surface area (Å²) in [7, 11) is 0. The van der Waals surface area contributed by atoms with Gasteiger partial charge in [0.15, 0.2) is 0 Å². The van der Waals surface area contributed by atoms with Gasteiger partial charge in [0.05, 0.1) is 25.4 Å². The number of ether oxygens (including phenoxy) is 2. The number of hydrogen-bond donors (Lipinski definition) is 2. The van der Waals surface area contributed by atoms with Crippen LogP contribution in [0.3, 0.4) is 0 Å². The summed E-state index contributed by atoms with van der Waals surface area (Å²) < 4.78 is 11.2. The van der Waals surface area contributed by atoms with Crippen molar-refractivity contribution in [3.8, 4) is 0 Å². The van der Waals surface area contributed by atoms with Crippen molar-refractivity contribution < 1.29 is 14.6 Å². The second kappa shape index (κ2) is 10.6. The van der Waals surface area contributed by atoms with Crippen LogP contribution in [0.1, 0.15) is 46.5 Å². The van der Waals surface area contributed by atoms with Gasteiger partial charge in [-0.3, -0.25) is 0 Å². The molecule has 1 unspecified atom stereocenters. The van der Waals surface area contributed by atoms with E-state index in [1.54, 1.807) is 0 Å². The molecule has 0 spiro atoms. The smallest absolute Gasteiger partial charge is 0.0897 e. The zero-order chi connectivity index (χ0) is 14.8. The number of rotatable bonds is 10. The lowest BCUT2D eigenvalue weighted by Crippen LogP contribution is -2.34. The Morgan fingerprint density at radius 2 is 1.85 bits per heavy atom. The molecule has 1 fully saturated rings. The van der Waals surface area contributed by atoms with Gasteiger partial charge < -0.3 is 19.9 Å². The van der Waals surface area contributed by atoms with Gasteiger partial charge in [0.1, 0.15) is 0 Å². The SMILES string of the molecule is CC(C)COCCNCC(O)COC1CCC(C)CC1. The normalized spacial score (nSPS) is 25.1. The highest BCUT2D eigenvalue weighted by molar-refractivity contribution is 4.71. The van der Waals surface area contributed by atoms with Crippen LogP contribution in [-0.4, -0.2) is 50.2 Å². The van der Waals surface area contributed by atoms with E-state index in [4.69, 9.17) is 9.47 Å². The van der Waals surface area contributed by atoms with E-state index in [9.17, 15) is 5.11 Å². The summed E-state index contributed by atoms with van der Waals surface area (Å²) in [5.41, 5.74) is 0. The monoisotopic (exact) mass is 287 g/mol. The minimum atomic E-state index is -0.417. The molecule has 2 N–H and O–H groups in total. The van der Waals surface area contributed by atoms with E-state index in [0.717, 1.165) is 31.9 Å². The Kier molecular flexibility index (Phi) is 9.44. The Morgan fingerprint density at radius 3 is 2.50 bits per heavy atom. The standard InChI is InChI=1S/C16H33NO3/c1-13(2)11-19-9-8-17-10-15(18)12-20-16-6-4-14(3)5-7-16/h13-18H,4-12H2,1-3H3. The molecular formula is C16H33NO3. The molecule has 0 heterocycles. The van der Waals surface area contributed by atoms with E-state index in [2.05, 4.69) is 26.1 Å². The first kappa shape index (κ1) is 17.9. The maximum absolute atomic E-state index is 9.85. The van der Waals surface area contributed by atoms with Crippen LogP contribution in [0, 0.1) is 11.8 Å². The van der Waals surface area contributed by atoms with Crippen LogP contribution >= 0.6 is 0 Å². The summed E-state index contributed by atoms with van der Waals surface area (Å²) in [5, 5.41) is 13.0. The predicted molar refractivity (Wildman–Crippen MR) is 81.9 cm³/mol. The van der Waals surface area contributed by atoms with Gasteiger partial charge in [-0.15, -0.1) is 0 Å². The molecule has 1 atom stereocenters. The van der Waals surface area contributed by atoms with Gasteiger partial charge >= 0.3 is 0 Å². The third kappa shape index (κ3) is 8.90. The molecule has 0 bridgehead atoms. The largest absolute Gasteiger partial charge is 0.389 e. The van der Waals surface area contributed by atoms with Crippen LogP contribution in [0.25, 0.3) is 0 Å². The van der Waals surface area contributed by atoms with Crippen LogP contribution in [0.2, 0.25) is 0 Å². The van der Waals surface area contributed by atoms with Crippen molar-refractivity contribution in [2.75, 3.05) is 32.9 Å². The zero-order valence-electron chi connectivity index (χ0n) is 13.4. The molecule has 1 rings (SSSR count). The summed E-state index contributed by atoms with van der Waals surface area (Å²) in [6, 6.07) is 0. The molecule has 0 aliphatic heterocycles. The molecule has 0 amide bonds. The zero-order valence-corrected chi connectivity index (χ0v) is 13.4. The van der Waals surface area contributed by atoms with Crippen LogP contribution < -0.4 is 5.32 Å². The molecule has 0 aromatic heterocycles. The average Bonchev–Trinajstić information content (AvgIpc) is 2.41. The highest BCUT2D eigenvalue weighted by Crippen LogP contribution is 2.25. The van der Waals surface area contributed by atoms with E-state index >= 15 is 0 Å². The van der Waals surface area contributed by atoms with E-state index < -0.39 is 6.10 Å². The summed E-state index contributed by atoms with van der Waals surface area (Å²) in [4.78, 5) is 0. The molecule has 0 aromatic rings. The Labute approximate surface area is 124 Å². The van der Waals surface area contributed by atoms with Crippen LogP contribution in [0.4, 0.5) is 0 Å². The van der Waals surface area contributed by atoms with Gasteiger partial charge in [-0.2, -0.15) is 0 Å². The fourth-order valence-corrected chi connectivity index (χ4v) is 2.43. The Hall–Kier alpha value is -0.160. The maximum Gasteiger partial charge on any atom is 0.0897 e. The molecule has 1 aliphatic rings. The first-order valence-electron chi connectivity index (χ1n) is 8.16. The molecular weight excluding hydrogens is 254 g/mol. The Bertz CT molecular complexity index is 228. The fraction of sp³-hybridized carbons (Fsp3) is 1.00. The quantitative estimate of drug-likeness (QED) is 0.605. The number of nitrogens with one attached hydrogen (secondary N) is 1. The molecule has 4 nitrogen and oxygen atoms in total. The van der Waals surface area contributed by atoms with Crippen molar-refractivity contribution in [2.24, 2.45) is 11.8 Å². The molecule has 0 radical (unpaired) electrons. The summed E-state index contributed by atoms with van der Waals surface area (Å²) in [5.74, 6) is 1.42. The summed E-state index contributed by atoms with van der Waals surface area (Å²) >= 11 is 0. The van der Waals surface area contributed by atoms with Crippen molar-refractivity contribution in [1.29, 1.82) is 0 Å². The predicted octanol–water partition coefficient (Wildman–Crippen LogP) is 2.20. The van der Waals surface area contributed by atoms with Gasteiger partial charge in [0.2, 0.25) is 0 Å². The number of hydrogen-bond acceptors (Lipinski definition) is 4. The lowest BCUT2D eigenvalue weighted by molar-refractivity contribution is -0.0281. The van der Waals surface area contributed by atoms with Crippen molar-refractivity contribution in [2.45, 2.75) is 58.7 Å². The van der Waals surface area contributed by atoms with E-state index in [1.165, 1.54) is 12.8 Å². The third-order valence-corrected chi connectivity index (χ3v) is 3.74. The topological polar surface area (TPSA) is 50.7 Å². The molecule has 120 valence electrons. The van der Waals surface area contributed by atoms with Crippen molar-refractivity contribution >= 4 is 0 Å². The Balaban J connectivity index is 1.91. The van der Waals surface area contributed by atoms with Gasteiger partial charge in [0, 0.05) is 19.7 Å². The van der Waals surface area contributed by atoms with E-state index in [0.29, 0.717) is 31.8 Å². The lowest BCUT2D eigenvalue weighted by atomic mass is 9.89. The molecule has 1 aliphatic carbocycles. The molecule has 0 saturated heterocycles.